The monoisotopic (exact) mass is 391 g/mol. The van der Waals surface area contributed by atoms with Crippen molar-refractivity contribution in [3.8, 4) is 11.1 Å². The van der Waals surface area contributed by atoms with Gasteiger partial charge < -0.3 is 15.2 Å². The molecule has 1 atom stereocenters. The zero-order valence-corrected chi connectivity index (χ0v) is 15.4. The van der Waals surface area contributed by atoms with E-state index in [0.717, 1.165) is 29.9 Å². The summed E-state index contributed by atoms with van der Waals surface area (Å²) in [5.41, 5.74) is 2.87. The van der Waals surface area contributed by atoms with Gasteiger partial charge in [-0.05, 0) is 47.9 Å². The Hall–Kier alpha value is -3.75. The third kappa shape index (κ3) is 3.42. The maximum absolute atomic E-state index is 13.1. The highest BCUT2D eigenvalue weighted by molar-refractivity contribution is 5.94. The van der Waals surface area contributed by atoms with Gasteiger partial charge in [0.25, 0.3) is 5.91 Å². The number of anilines is 1. The van der Waals surface area contributed by atoms with Crippen molar-refractivity contribution in [2.24, 2.45) is 0 Å². The van der Waals surface area contributed by atoms with E-state index in [-0.39, 0.29) is 17.8 Å². The number of nitrogens with one attached hydrogen (secondary N) is 2. The quantitative estimate of drug-likeness (QED) is 0.557. The molecule has 1 unspecified atom stereocenters. The number of carbonyl (C=O) groups excluding carboxylic acids is 1. The van der Waals surface area contributed by atoms with Crippen LogP contribution in [0.15, 0.2) is 55.0 Å². The van der Waals surface area contributed by atoms with Crippen LogP contribution in [0, 0.1) is 5.82 Å². The molecule has 1 aliphatic heterocycles. The van der Waals surface area contributed by atoms with Crippen LogP contribution in [0.25, 0.3) is 16.8 Å². The fourth-order valence-corrected chi connectivity index (χ4v) is 3.57. The fraction of sp³-hybridized carbons (Fsp3) is 0.200. The number of hydrogen-bond acceptors (Lipinski definition) is 5. The van der Waals surface area contributed by atoms with Crippen molar-refractivity contribution < 1.29 is 9.18 Å². The third-order valence-electron chi connectivity index (χ3n) is 5.10. The number of H-pyrrole nitrogens is 1. The van der Waals surface area contributed by atoms with Gasteiger partial charge in [0.2, 0.25) is 0 Å². The minimum Gasteiger partial charge on any atom is -0.357 e. The number of aromatic amines is 1. The Morgan fingerprint density at radius 2 is 2.03 bits per heavy atom. The number of rotatable bonds is 4. The van der Waals surface area contributed by atoms with E-state index >= 15 is 0 Å². The largest absolute Gasteiger partial charge is 0.357 e. The standard InChI is InChI=1S/C20H18FN7O/c21-15-3-1-13(2-4-15)14-9-17(22-10-14)20(29)24-16-7-8-27(11-16)19-6-5-18-25-23-12-28(18)26-19/h1-6,9-10,12,16,22H,7-8,11H2,(H,24,29). The number of benzene rings is 1. The van der Waals surface area contributed by atoms with Crippen molar-refractivity contribution in [2.75, 3.05) is 18.0 Å². The number of aromatic nitrogens is 5. The summed E-state index contributed by atoms with van der Waals surface area (Å²) in [6.45, 7) is 1.48. The van der Waals surface area contributed by atoms with E-state index in [1.54, 1.807) is 35.2 Å². The summed E-state index contributed by atoms with van der Waals surface area (Å²) in [4.78, 5) is 17.8. The zero-order chi connectivity index (χ0) is 19.8. The van der Waals surface area contributed by atoms with E-state index in [4.69, 9.17) is 0 Å². The van der Waals surface area contributed by atoms with Gasteiger partial charge in [-0.25, -0.2) is 4.39 Å². The van der Waals surface area contributed by atoms with Gasteiger partial charge >= 0.3 is 0 Å². The smallest absolute Gasteiger partial charge is 0.267 e. The normalized spacial score (nSPS) is 16.4. The number of halogens is 1. The van der Waals surface area contributed by atoms with Crippen molar-refractivity contribution in [1.29, 1.82) is 0 Å². The predicted molar refractivity (Wildman–Crippen MR) is 105 cm³/mol. The molecule has 0 spiro atoms. The molecule has 8 nitrogen and oxygen atoms in total. The predicted octanol–water partition coefficient (Wildman–Crippen LogP) is 2.27. The summed E-state index contributed by atoms with van der Waals surface area (Å²) in [6.07, 6.45) is 4.15. The van der Waals surface area contributed by atoms with Crippen LogP contribution in [0.3, 0.4) is 0 Å². The Balaban J connectivity index is 1.24. The first-order valence-electron chi connectivity index (χ1n) is 9.33. The molecule has 9 heteroatoms. The van der Waals surface area contributed by atoms with Gasteiger partial charge in [-0.1, -0.05) is 12.1 Å². The van der Waals surface area contributed by atoms with Crippen LogP contribution in [0.2, 0.25) is 0 Å². The Bertz CT molecular complexity index is 1170. The molecule has 1 aliphatic rings. The van der Waals surface area contributed by atoms with Gasteiger partial charge in [0.05, 0.1) is 0 Å². The lowest BCUT2D eigenvalue weighted by atomic mass is 10.1. The molecule has 5 rings (SSSR count). The van der Waals surface area contributed by atoms with Crippen LogP contribution in [0.1, 0.15) is 16.9 Å². The van der Waals surface area contributed by atoms with Gasteiger partial charge in [-0.2, -0.15) is 4.52 Å². The second-order valence-corrected chi connectivity index (χ2v) is 7.04. The molecular weight excluding hydrogens is 373 g/mol. The third-order valence-corrected chi connectivity index (χ3v) is 5.10. The SMILES string of the molecule is O=C(NC1CCN(c2ccc3nncn3n2)C1)c1cc(-c2ccc(F)cc2)c[nH]1. The van der Waals surface area contributed by atoms with E-state index in [2.05, 4.69) is 30.5 Å². The van der Waals surface area contributed by atoms with Crippen LogP contribution in [0.4, 0.5) is 10.2 Å². The average Bonchev–Trinajstić information content (AvgIpc) is 3.48. The van der Waals surface area contributed by atoms with Gasteiger partial charge in [-0.15, -0.1) is 15.3 Å². The zero-order valence-electron chi connectivity index (χ0n) is 15.4. The first kappa shape index (κ1) is 17.4. The molecule has 0 aliphatic carbocycles. The average molecular weight is 391 g/mol. The number of hydrogen-bond donors (Lipinski definition) is 2. The second-order valence-electron chi connectivity index (χ2n) is 7.04. The molecule has 1 saturated heterocycles. The lowest BCUT2D eigenvalue weighted by Crippen LogP contribution is -2.37. The van der Waals surface area contributed by atoms with Crippen LogP contribution >= 0.6 is 0 Å². The minimum absolute atomic E-state index is 0.0264. The highest BCUT2D eigenvalue weighted by atomic mass is 19.1. The van der Waals surface area contributed by atoms with E-state index in [1.165, 1.54) is 12.1 Å². The first-order chi connectivity index (χ1) is 14.2. The molecule has 1 amide bonds. The number of fused-ring (bicyclic) bond motifs is 1. The Morgan fingerprint density at radius 1 is 1.17 bits per heavy atom. The molecule has 1 fully saturated rings. The van der Waals surface area contributed by atoms with Crippen molar-refractivity contribution in [1.82, 2.24) is 30.1 Å². The summed E-state index contributed by atoms with van der Waals surface area (Å²) in [5.74, 6) is 0.380. The van der Waals surface area contributed by atoms with Crippen molar-refractivity contribution in [2.45, 2.75) is 12.5 Å². The van der Waals surface area contributed by atoms with Crippen LogP contribution in [-0.4, -0.2) is 49.8 Å². The molecule has 4 heterocycles. The molecule has 146 valence electrons. The molecule has 2 N–H and O–H groups in total. The van der Waals surface area contributed by atoms with Crippen molar-refractivity contribution >= 4 is 17.4 Å². The molecule has 29 heavy (non-hydrogen) atoms. The second kappa shape index (κ2) is 7.01. The summed E-state index contributed by atoms with van der Waals surface area (Å²) in [7, 11) is 0. The molecule has 0 radical (unpaired) electrons. The molecule has 4 aromatic rings. The maximum atomic E-state index is 13.1. The molecule has 3 aromatic heterocycles. The highest BCUT2D eigenvalue weighted by Crippen LogP contribution is 2.22. The summed E-state index contributed by atoms with van der Waals surface area (Å²) in [5, 5.41) is 15.4. The van der Waals surface area contributed by atoms with Gasteiger partial charge in [-0.3, -0.25) is 4.79 Å². The van der Waals surface area contributed by atoms with Crippen molar-refractivity contribution in [3.05, 3.63) is 66.5 Å². The molecule has 1 aromatic carbocycles. The number of amides is 1. The fourth-order valence-electron chi connectivity index (χ4n) is 3.57. The Morgan fingerprint density at radius 3 is 2.90 bits per heavy atom. The first-order valence-corrected chi connectivity index (χ1v) is 9.33. The van der Waals surface area contributed by atoms with E-state index in [9.17, 15) is 9.18 Å². The minimum atomic E-state index is -0.286. The number of nitrogens with zero attached hydrogens (tertiary/aromatic N) is 5. The lowest BCUT2D eigenvalue weighted by molar-refractivity contribution is 0.0936. The summed E-state index contributed by atoms with van der Waals surface area (Å²) < 4.78 is 14.7. The molecule has 0 saturated carbocycles. The van der Waals surface area contributed by atoms with E-state index < -0.39 is 0 Å². The van der Waals surface area contributed by atoms with E-state index in [0.29, 0.717) is 17.9 Å². The van der Waals surface area contributed by atoms with Crippen LogP contribution < -0.4 is 10.2 Å². The number of carbonyl (C=O) groups is 1. The maximum Gasteiger partial charge on any atom is 0.267 e. The van der Waals surface area contributed by atoms with Crippen LogP contribution in [-0.2, 0) is 0 Å². The lowest BCUT2D eigenvalue weighted by Gasteiger charge is -2.17. The molecular formula is C20H18FN7O. The van der Waals surface area contributed by atoms with Crippen molar-refractivity contribution in [3.63, 3.8) is 0 Å². The Kier molecular flexibility index (Phi) is 4.19. The van der Waals surface area contributed by atoms with Gasteiger partial charge in [0.15, 0.2) is 5.65 Å². The van der Waals surface area contributed by atoms with Gasteiger partial charge in [0.1, 0.15) is 23.7 Å². The summed E-state index contributed by atoms with van der Waals surface area (Å²) in [6, 6.07) is 11.8. The summed E-state index contributed by atoms with van der Waals surface area (Å²) >= 11 is 0. The van der Waals surface area contributed by atoms with Gasteiger partial charge in [0, 0.05) is 25.3 Å². The highest BCUT2D eigenvalue weighted by Gasteiger charge is 2.26. The Labute approximate surface area is 165 Å². The molecule has 0 bridgehead atoms. The van der Waals surface area contributed by atoms with Crippen LogP contribution in [0.5, 0.6) is 0 Å². The van der Waals surface area contributed by atoms with E-state index in [1.807, 2.05) is 12.1 Å². The topological polar surface area (TPSA) is 91.2 Å².